The van der Waals surface area contributed by atoms with Gasteiger partial charge in [0.05, 0.1) is 0 Å². The molecular formula is C9H12N4O. The van der Waals surface area contributed by atoms with Crippen LogP contribution in [-0.2, 0) is 0 Å². The van der Waals surface area contributed by atoms with Crippen LogP contribution < -0.4 is 15.8 Å². The summed E-state index contributed by atoms with van der Waals surface area (Å²) in [7, 11) is 0. The minimum absolute atomic E-state index is 0.0853. The first-order valence-corrected chi connectivity index (χ1v) is 4.87. The van der Waals surface area contributed by atoms with Crippen molar-refractivity contribution in [3.63, 3.8) is 0 Å². The normalized spacial score (nSPS) is 29.9. The Bertz CT molecular complexity index is 402. The predicted octanol–water partition coefficient (Wildman–Crippen LogP) is -0.822. The predicted molar refractivity (Wildman–Crippen MR) is 52.4 cm³/mol. The molecule has 2 fully saturated rings. The number of nitrogens with zero attached hydrogens (tertiary/aromatic N) is 2. The van der Waals surface area contributed by atoms with Crippen molar-refractivity contribution < 1.29 is 0 Å². The smallest absolute Gasteiger partial charge is 0.290 e. The highest BCUT2D eigenvalue weighted by Gasteiger charge is 2.43. The average Bonchev–Trinajstić information content (AvgIpc) is 2.52. The number of aromatic amines is 1. The molecule has 1 aromatic rings. The molecule has 0 aliphatic carbocycles. The molecule has 1 aromatic heterocycles. The van der Waals surface area contributed by atoms with Gasteiger partial charge in [0.15, 0.2) is 5.82 Å². The van der Waals surface area contributed by atoms with E-state index in [1.165, 1.54) is 0 Å². The summed E-state index contributed by atoms with van der Waals surface area (Å²) in [5.41, 5.74) is -0.0853. The van der Waals surface area contributed by atoms with Crippen LogP contribution in [0.2, 0.25) is 0 Å². The lowest BCUT2D eigenvalue weighted by Gasteiger charge is -2.43. The molecule has 0 radical (unpaired) electrons. The van der Waals surface area contributed by atoms with Gasteiger partial charge in [0.1, 0.15) is 0 Å². The summed E-state index contributed by atoms with van der Waals surface area (Å²) < 4.78 is 0. The fourth-order valence-electron chi connectivity index (χ4n) is 2.31. The maximum Gasteiger partial charge on any atom is 0.290 e. The monoisotopic (exact) mass is 192 g/mol. The fraction of sp³-hybridized carbons (Fsp3) is 0.556. The molecule has 2 N–H and O–H groups in total. The standard InChI is InChI=1S/C9H12N4O/c14-9-8(11-1-2-12-9)13-5-6-3-10-4-7(6)13/h1-2,6-7,10H,3-5H2,(H,12,14). The Morgan fingerprint density at radius 1 is 1.50 bits per heavy atom. The minimum atomic E-state index is -0.0853. The number of hydrogen-bond donors (Lipinski definition) is 2. The van der Waals surface area contributed by atoms with E-state index in [-0.39, 0.29) is 5.56 Å². The highest BCUT2D eigenvalue weighted by molar-refractivity contribution is 5.42. The zero-order valence-electron chi connectivity index (χ0n) is 7.73. The molecule has 2 aliphatic heterocycles. The largest absolute Gasteiger partial charge is 0.347 e. The van der Waals surface area contributed by atoms with Gasteiger partial charge in [-0.15, -0.1) is 0 Å². The summed E-state index contributed by atoms with van der Waals surface area (Å²) in [6.45, 7) is 3.00. The molecule has 0 bridgehead atoms. The van der Waals surface area contributed by atoms with Crippen molar-refractivity contribution in [2.45, 2.75) is 6.04 Å². The van der Waals surface area contributed by atoms with Crippen molar-refractivity contribution in [1.29, 1.82) is 0 Å². The van der Waals surface area contributed by atoms with E-state index in [1.807, 2.05) is 0 Å². The van der Waals surface area contributed by atoms with Gasteiger partial charge < -0.3 is 15.2 Å². The van der Waals surface area contributed by atoms with E-state index in [1.54, 1.807) is 12.4 Å². The van der Waals surface area contributed by atoms with Gasteiger partial charge in [-0.2, -0.15) is 0 Å². The Balaban J connectivity index is 1.91. The van der Waals surface area contributed by atoms with E-state index in [0.29, 0.717) is 17.8 Å². The molecule has 14 heavy (non-hydrogen) atoms. The van der Waals surface area contributed by atoms with Gasteiger partial charge in [-0.25, -0.2) is 4.98 Å². The Labute approximate surface area is 81.2 Å². The maximum absolute atomic E-state index is 11.5. The van der Waals surface area contributed by atoms with Crippen molar-refractivity contribution in [2.75, 3.05) is 24.5 Å². The van der Waals surface area contributed by atoms with Crippen molar-refractivity contribution in [2.24, 2.45) is 5.92 Å². The molecule has 0 amide bonds. The van der Waals surface area contributed by atoms with Gasteiger partial charge in [0.2, 0.25) is 0 Å². The van der Waals surface area contributed by atoms with E-state index < -0.39 is 0 Å². The van der Waals surface area contributed by atoms with Crippen molar-refractivity contribution in [3.8, 4) is 0 Å². The third-order valence-electron chi connectivity index (χ3n) is 3.10. The van der Waals surface area contributed by atoms with Crippen molar-refractivity contribution in [1.82, 2.24) is 15.3 Å². The lowest BCUT2D eigenvalue weighted by atomic mass is 9.92. The molecule has 3 rings (SSSR count). The quantitative estimate of drug-likeness (QED) is 0.610. The molecular weight excluding hydrogens is 180 g/mol. The number of rotatable bonds is 1. The third kappa shape index (κ3) is 0.988. The number of fused-ring (bicyclic) bond motifs is 1. The number of hydrogen-bond acceptors (Lipinski definition) is 4. The fourth-order valence-corrected chi connectivity index (χ4v) is 2.31. The van der Waals surface area contributed by atoms with Crippen LogP contribution in [0.5, 0.6) is 0 Å². The molecule has 0 spiro atoms. The highest BCUT2D eigenvalue weighted by atomic mass is 16.1. The number of aromatic nitrogens is 2. The molecule has 2 aliphatic rings. The molecule has 5 nitrogen and oxygen atoms in total. The summed E-state index contributed by atoms with van der Waals surface area (Å²) in [6.07, 6.45) is 3.20. The Morgan fingerprint density at radius 3 is 3.21 bits per heavy atom. The maximum atomic E-state index is 11.5. The summed E-state index contributed by atoms with van der Waals surface area (Å²) in [5, 5.41) is 3.32. The lowest BCUT2D eigenvalue weighted by molar-refractivity contribution is 0.361. The first-order chi connectivity index (χ1) is 6.86. The van der Waals surface area contributed by atoms with Crippen LogP contribution >= 0.6 is 0 Å². The van der Waals surface area contributed by atoms with Crippen molar-refractivity contribution >= 4 is 5.82 Å². The van der Waals surface area contributed by atoms with Gasteiger partial charge in [-0.05, 0) is 0 Å². The van der Waals surface area contributed by atoms with Crippen LogP contribution in [-0.4, -0.2) is 35.6 Å². The molecule has 2 unspecified atom stereocenters. The molecule has 3 heterocycles. The lowest BCUT2D eigenvalue weighted by Crippen LogP contribution is -2.57. The number of nitrogens with one attached hydrogen (secondary N) is 2. The zero-order valence-corrected chi connectivity index (χ0v) is 7.73. The van der Waals surface area contributed by atoms with E-state index in [2.05, 4.69) is 20.2 Å². The van der Waals surface area contributed by atoms with E-state index in [9.17, 15) is 4.79 Å². The first kappa shape index (κ1) is 7.99. The second-order valence-corrected chi connectivity index (χ2v) is 3.88. The second kappa shape index (κ2) is 2.81. The van der Waals surface area contributed by atoms with Crippen LogP contribution in [0.25, 0.3) is 0 Å². The minimum Gasteiger partial charge on any atom is -0.347 e. The SMILES string of the molecule is O=c1[nH]ccnc1N1CC2CNCC21. The van der Waals surface area contributed by atoms with Crippen LogP contribution in [0, 0.1) is 5.92 Å². The van der Waals surface area contributed by atoms with Gasteiger partial charge >= 0.3 is 0 Å². The van der Waals surface area contributed by atoms with Crippen LogP contribution in [0.4, 0.5) is 5.82 Å². The summed E-state index contributed by atoms with van der Waals surface area (Å²) >= 11 is 0. The Hall–Kier alpha value is -1.36. The van der Waals surface area contributed by atoms with Gasteiger partial charge in [0.25, 0.3) is 5.56 Å². The van der Waals surface area contributed by atoms with Gasteiger partial charge in [-0.1, -0.05) is 0 Å². The molecule has 0 saturated carbocycles. The second-order valence-electron chi connectivity index (χ2n) is 3.88. The third-order valence-corrected chi connectivity index (χ3v) is 3.10. The summed E-state index contributed by atoms with van der Waals surface area (Å²) in [6, 6.07) is 0.478. The zero-order chi connectivity index (χ0) is 9.54. The molecule has 0 aromatic carbocycles. The summed E-state index contributed by atoms with van der Waals surface area (Å²) in [5.74, 6) is 1.27. The number of H-pyrrole nitrogens is 1. The molecule has 5 heteroatoms. The molecule has 74 valence electrons. The summed E-state index contributed by atoms with van der Waals surface area (Å²) in [4.78, 5) is 20.3. The number of anilines is 1. The Morgan fingerprint density at radius 2 is 2.43 bits per heavy atom. The van der Waals surface area contributed by atoms with Crippen LogP contribution in [0.3, 0.4) is 0 Å². The highest BCUT2D eigenvalue weighted by Crippen LogP contribution is 2.29. The van der Waals surface area contributed by atoms with E-state index in [4.69, 9.17) is 0 Å². The molecule has 2 atom stereocenters. The average molecular weight is 192 g/mol. The first-order valence-electron chi connectivity index (χ1n) is 4.87. The van der Waals surface area contributed by atoms with Crippen LogP contribution in [0.15, 0.2) is 17.2 Å². The topological polar surface area (TPSA) is 61.0 Å². The molecule has 2 saturated heterocycles. The van der Waals surface area contributed by atoms with Crippen molar-refractivity contribution in [3.05, 3.63) is 22.7 Å². The van der Waals surface area contributed by atoms with Gasteiger partial charge in [0, 0.05) is 44.0 Å². The Kier molecular flexibility index (Phi) is 1.61. The van der Waals surface area contributed by atoms with E-state index >= 15 is 0 Å². The van der Waals surface area contributed by atoms with E-state index in [0.717, 1.165) is 19.6 Å². The van der Waals surface area contributed by atoms with Gasteiger partial charge in [-0.3, -0.25) is 4.79 Å². The van der Waals surface area contributed by atoms with Crippen LogP contribution in [0.1, 0.15) is 0 Å².